The van der Waals surface area contributed by atoms with Crippen LogP contribution in [0.1, 0.15) is 79.6 Å². The van der Waals surface area contributed by atoms with E-state index >= 15 is 0 Å². The van der Waals surface area contributed by atoms with Crippen LogP contribution in [0.3, 0.4) is 0 Å². The van der Waals surface area contributed by atoms with Crippen LogP contribution in [-0.2, 0) is 12.8 Å². The van der Waals surface area contributed by atoms with Gasteiger partial charge in [-0.3, -0.25) is 4.79 Å². The summed E-state index contributed by atoms with van der Waals surface area (Å²) >= 11 is 0. The molecule has 3 aliphatic rings. The third kappa shape index (κ3) is 2.46. The molecule has 22 heavy (non-hydrogen) atoms. The van der Waals surface area contributed by atoms with Crippen LogP contribution in [0, 0.1) is 5.92 Å². The highest BCUT2D eigenvalue weighted by Crippen LogP contribution is 2.36. The van der Waals surface area contributed by atoms with E-state index in [0.29, 0.717) is 11.7 Å². The van der Waals surface area contributed by atoms with Crippen LogP contribution in [0.4, 0.5) is 0 Å². The molecule has 2 fully saturated rings. The van der Waals surface area contributed by atoms with Crippen LogP contribution in [-0.4, -0.2) is 28.6 Å². The lowest BCUT2D eigenvalue weighted by molar-refractivity contribution is 0.0677. The highest BCUT2D eigenvalue weighted by atomic mass is 16.5. The molecule has 1 aliphatic heterocycles. The van der Waals surface area contributed by atoms with Gasteiger partial charge in [-0.1, -0.05) is 24.4 Å². The molecule has 0 spiro atoms. The van der Waals surface area contributed by atoms with Gasteiger partial charge in [-0.2, -0.15) is 0 Å². The molecule has 1 aromatic heterocycles. The van der Waals surface area contributed by atoms with Gasteiger partial charge < -0.3 is 9.42 Å². The first-order valence-corrected chi connectivity index (χ1v) is 9.13. The van der Waals surface area contributed by atoms with E-state index in [9.17, 15) is 4.79 Å². The summed E-state index contributed by atoms with van der Waals surface area (Å²) in [4.78, 5) is 15.2. The Balaban J connectivity index is 1.57. The predicted molar refractivity (Wildman–Crippen MR) is 83.8 cm³/mol. The quantitative estimate of drug-likeness (QED) is 0.782. The maximum absolute atomic E-state index is 13.1. The number of carbonyl (C=O) groups excluding carboxylic acids is 1. The molecule has 0 radical (unpaired) electrons. The molecule has 1 atom stereocenters. The number of aromatic nitrogens is 1. The molecule has 120 valence electrons. The number of likely N-dealkylation sites (tertiary alicyclic amines) is 1. The molecule has 4 nitrogen and oxygen atoms in total. The summed E-state index contributed by atoms with van der Waals surface area (Å²) in [5.41, 5.74) is 1.74. The summed E-state index contributed by atoms with van der Waals surface area (Å²) in [7, 11) is 0. The minimum absolute atomic E-state index is 0.140. The van der Waals surface area contributed by atoms with Crippen molar-refractivity contribution in [3.05, 3.63) is 17.0 Å². The van der Waals surface area contributed by atoms with Crippen molar-refractivity contribution in [1.29, 1.82) is 0 Å². The molecule has 2 heterocycles. The van der Waals surface area contributed by atoms with Gasteiger partial charge in [0.1, 0.15) is 5.76 Å². The van der Waals surface area contributed by atoms with E-state index in [1.165, 1.54) is 38.5 Å². The standard InChI is InChI=1S/C18H26N2O2/c21-18(17-14-9-2-1-3-11-16(14)22-19-17)20-12-6-10-15(20)13-7-4-5-8-13/h13,15H,1-12H2/t15-/m1/s1. The van der Waals surface area contributed by atoms with Crippen molar-refractivity contribution in [3.8, 4) is 0 Å². The zero-order valence-electron chi connectivity index (χ0n) is 13.4. The normalized spacial score (nSPS) is 26.2. The van der Waals surface area contributed by atoms with E-state index in [1.54, 1.807) is 0 Å². The lowest BCUT2D eigenvalue weighted by Crippen LogP contribution is -2.40. The topological polar surface area (TPSA) is 46.3 Å². The smallest absolute Gasteiger partial charge is 0.276 e. The minimum atomic E-state index is 0.140. The second-order valence-corrected chi connectivity index (χ2v) is 7.25. The van der Waals surface area contributed by atoms with Gasteiger partial charge in [0.05, 0.1) is 0 Å². The first kappa shape index (κ1) is 14.3. The summed E-state index contributed by atoms with van der Waals surface area (Å²) in [6.45, 7) is 0.904. The molecule has 1 saturated heterocycles. The first-order valence-electron chi connectivity index (χ1n) is 9.13. The molecule has 4 heteroatoms. The number of amides is 1. The van der Waals surface area contributed by atoms with Crippen molar-refractivity contribution in [2.24, 2.45) is 5.92 Å². The van der Waals surface area contributed by atoms with Gasteiger partial charge in [0.2, 0.25) is 0 Å². The maximum Gasteiger partial charge on any atom is 0.276 e. The lowest BCUT2D eigenvalue weighted by atomic mass is 9.95. The first-order chi connectivity index (χ1) is 10.8. The highest BCUT2D eigenvalue weighted by molar-refractivity contribution is 5.94. The van der Waals surface area contributed by atoms with Gasteiger partial charge in [0, 0.05) is 24.6 Å². The third-order valence-corrected chi connectivity index (χ3v) is 5.91. The maximum atomic E-state index is 13.1. The molecule has 2 aliphatic carbocycles. The van der Waals surface area contributed by atoms with Crippen LogP contribution in [0.2, 0.25) is 0 Å². The van der Waals surface area contributed by atoms with E-state index in [2.05, 4.69) is 10.1 Å². The van der Waals surface area contributed by atoms with Crippen molar-refractivity contribution < 1.29 is 9.32 Å². The number of fused-ring (bicyclic) bond motifs is 1. The van der Waals surface area contributed by atoms with Gasteiger partial charge in [0.15, 0.2) is 5.69 Å². The van der Waals surface area contributed by atoms with Crippen molar-refractivity contribution in [2.75, 3.05) is 6.54 Å². The van der Waals surface area contributed by atoms with Gasteiger partial charge in [-0.05, 0) is 50.9 Å². The Labute approximate surface area is 132 Å². The molecular formula is C18H26N2O2. The summed E-state index contributed by atoms with van der Waals surface area (Å²) in [6, 6.07) is 0.452. The molecule has 0 aromatic carbocycles. The zero-order valence-corrected chi connectivity index (χ0v) is 13.4. The van der Waals surface area contributed by atoms with Gasteiger partial charge in [0.25, 0.3) is 5.91 Å². The Kier molecular flexibility index (Phi) is 3.93. The lowest BCUT2D eigenvalue weighted by Gasteiger charge is -2.29. The Morgan fingerprint density at radius 3 is 2.68 bits per heavy atom. The van der Waals surface area contributed by atoms with E-state index < -0.39 is 0 Å². The van der Waals surface area contributed by atoms with Gasteiger partial charge in [-0.25, -0.2) is 0 Å². The van der Waals surface area contributed by atoms with E-state index in [-0.39, 0.29) is 5.91 Å². The number of hydrogen-bond acceptors (Lipinski definition) is 3. The summed E-state index contributed by atoms with van der Waals surface area (Å²) < 4.78 is 5.51. The molecule has 0 N–H and O–H groups in total. The Hall–Kier alpha value is -1.32. The molecule has 1 aromatic rings. The molecule has 1 amide bonds. The Morgan fingerprint density at radius 1 is 1.00 bits per heavy atom. The third-order valence-electron chi connectivity index (χ3n) is 5.91. The van der Waals surface area contributed by atoms with Gasteiger partial charge in [-0.15, -0.1) is 0 Å². The van der Waals surface area contributed by atoms with Crippen molar-refractivity contribution in [1.82, 2.24) is 10.1 Å². The average molecular weight is 302 g/mol. The van der Waals surface area contributed by atoms with Crippen molar-refractivity contribution in [3.63, 3.8) is 0 Å². The Bertz CT molecular complexity index is 545. The van der Waals surface area contributed by atoms with Crippen LogP contribution in [0.25, 0.3) is 0 Å². The number of hydrogen-bond donors (Lipinski definition) is 0. The number of rotatable bonds is 2. The van der Waals surface area contributed by atoms with Crippen LogP contribution in [0.5, 0.6) is 0 Å². The minimum Gasteiger partial charge on any atom is -0.360 e. The van der Waals surface area contributed by atoms with E-state index in [1.807, 2.05) is 0 Å². The second-order valence-electron chi connectivity index (χ2n) is 7.25. The summed E-state index contributed by atoms with van der Waals surface area (Å²) in [6.07, 6.45) is 13.0. The number of aryl methyl sites for hydroxylation is 1. The molecule has 1 saturated carbocycles. The molecule has 4 rings (SSSR count). The number of carbonyl (C=O) groups is 1. The fourth-order valence-corrected chi connectivity index (χ4v) is 4.74. The Morgan fingerprint density at radius 2 is 1.82 bits per heavy atom. The zero-order chi connectivity index (χ0) is 14.9. The van der Waals surface area contributed by atoms with E-state index in [0.717, 1.165) is 55.9 Å². The summed E-state index contributed by atoms with van der Waals surface area (Å²) in [5.74, 6) is 1.83. The van der Waals surface area contributed by atoms with Gasteiger partial charge >= 0.3 is 0 Å². The predicted octanol–water partition coefficient (Wildman–Crippen LogP) is 3.74. The fourth-order valence-electron chi connectivity index (χ4n) is 4.74. The fraction of sp³-hybridized carbons (Fsp3) is 0.778. The van der Waals surface area contributed by atoms with Crippen molar-refractivity contribution >= 4 is 5.91 Å². The van der Waals surface area contributed by atoms with Crippen LogP contribution >= 0.6 is 0 Å². The largest absolute Gasteiger partial charge is 0.360 e. The number of nitrogens with zero attached hydrogens (tertiary/aromatic N) is 2. The van der Waals surface area contributed by atoms with E-state index in [4.69, 9.17) is 4.52 Å². The average Bonchev–Trinajstić information content (AvgIpc) is 3.24. The molecular weight excluding hydrogens is 276 g/mol. The molecule has 0 unspecified atom stereocenters. The SMILES string of the molecule is O=C(c1noc2c1CCCCC2)N1CCC[C@@H]1C1CCCC1. The summed E-state index contributed by atoms with van der Waals surface area (Å²) in [5, 5.41) is 4.18. The second kappa shape index (κ2) is 6.05. The monoisotopic (exact) mass is 302 g/mol. The van der Waals surface area contributed by atoms with Crippen molar-refractivity contribution in [2.45, 2.75) is 76.7 Å². The van der Waals surface area contributed by atoms with Crippen LogP contribution < -0.4 is 0 Å². The highest BCUT2D eigenvalue weighted by Gasteiger charge is 2.38. The molecule has 0 bridgehead atoms. The van der Waals surface area contributed by atoms with Crippen LogP contribution in [0.15, 0.2) is 4.52 Å².